The number of aromatic nitrogens is 2. The van der Waals surface area contributed by atoms with Crippen molar-refractivity contribution in [3.63, 3.8) is 0 Å². The lowest BCUT2D eigenvalue weighted by Gasteiger charge is -2.17. The van der Waals surface area contributed by atoms with Crippen LogP contribution in [0.3, 0.4) is 0 Å². The van der Waals surface area contributed by atoms with E-state index in [2.05, 4.69) is 45.4 Å². The molecule has 0 aliphatic carbocycles. The van der Waals surface area contributed by atoms with E-state index in [-0.39, 0.29) is 11.5 Å². The maximum atomic E-state index is 12.3. The fourth-order valence-corrected chi connectivity index (χ4v) is 3.20. The van der Waals surface area contributed by atoms with Gasteiger partial charge in [0.1, 0.15) is 11.6 Å². The molecule has 31 heavy (non-hydrogen) atoms. The molecule has 0 atom stereocenters. The van der Waals surface area contributed by atoms with Crippen LogP contribution in [0.1, 0.15) is 36.5 Å². The molecular weight excluding hydrogens is 388 g/mol. The topological polar surface area (TPSA) is 97.2 Å². The number of hydrogen-bond donors (Lipinski definition) is 2. The minimum Gasteiger partial charge on any atom is -0.302 e. The van der Waals surface area contributed by atoms with Crippen molar-refractivity contribution in [3.05, 3.63) is 81.6 Å². The Balaban J connectivity index is 1.80. The molecular formula is C24H26N6O. The number of rotatable bonds is 9. The van der Waals surface area contributed by atoms with Gasteiger partial charge in [0.25, 0.3) is 5.56 Å². The number of unbranched alkanes of at least 4 members (excludes halogenated alkanes) is 1. The van der Waals surface area contributed by atoms with Gasteiger partial charge >= 0.3 is 0 Å². The summed E-state index contributed by atoms with van der Waals surface area (Å²) in [7, 11) is 2.11. The lowest BCUT2D eigenvalue weighted by atomic mass is 10.1. The highest BCUT2D eigenvalue weighted by Crippen LogP contribution is 2.19. The number of H-pyrrole nitrogens is 1. The van der Waals surface area contributed by atoms with E-state index in [0.29, 0.717) is 11.3 Å². The van der Waals surface area contributed by atoms with Crippen molar-refractivity contribution in [1.29, 1.82) is 5.26 Å². The quantitative estimate of drug-likeness (QED) is 0.408. The van der Waals surface area contributed by atoms with Gasteiger partial charge in [0.15, 0.2) is 0 Å². The molecule has 2 aromatic carbocycles. The second kappa shape index (κ2) is 10.9. The van der Waals surface area contributed by atoms with Gasteiger partial charge in [-0.3, -0.25) is 9.78 Å². The van der Waals surface area contributed by atoms with Crippen molar-refractivity contribution in [2.75, 3.05) is 19.0 Å². The fraction of sp³-hybridized carbons (Fsp3) is 0.250. The Morgan fingerprint density at radius 2 is 1.94 bits per heavy atom. The smallest absolute Gasteiger partial charge is 0.270 e. The molecule has 158 valence electrons. The molecule has 0 spiro atoms. The standard InChI is InChI=1S/C24H26N6O/c1-3-4-14-30(2)17-20-13-9-8-12-19(20)16-26-29-24-27-22(18-10-6-5-7-11-18)21(15-25)23(31)28-24/h5-13,16H,3-4,14,17H2,1-2H3,(H2,27,28,29,31). The molecule has 0 amide bonds. The van der Waals surface area contributed by atoms with Crippen LogP contribution < -0.4 is 11.0 Å². The van der Waals surface area contributed by atoms with Crippen LogP contribution in [0.25, 0.3) is 11.3 Å². The first-order valence-electron chi connectivity index (χ1n) is 10.3. The molecule has 0 saturated carbocycles. The van der Waals surface area contributed by atoms with Crippen LogP contribution in [-0.2, 0) is 6.54 Å². The minimum atomic E-state index is -0.507. The largest absolute Gasteiger partial charge is 0.302 e. The Kier molecular flexibility index (Phi) is 7.68. The van der Waals surface area contributed by atoms with Crippen molar-refractivity contribution in [2.45, 2.75) is 26.3 Å². The first kappa shape index (κ1) is 21.9. The lowest BCUT2D eigenvalue weighted by molar-refractivity contribution is 0.320. The zero-order valence-corrected chi connectivity index (χ0v) is 17.8. The average Bonchev–Trinajstić information content (AvgIpc) is 2.79. The number of hydrazone groups is 1. The van der Waals surface area contributed by atoms with Gasteiger partial charge in [-0.2, -0.15) is 10.4 Å². The van der Waals surface area contributed by atoms with E-state index in [4.69, 9.17) is 0 Å². The van der Waals surface area contributed by atoms with Gasteiger partial charge in [-0.05, 0) is 31.1 Å². The number of nitrogens with zero attached hydrogens (tertiary/aromatic N) is 4. The maximum Gasteiger partial charge on any atom is 0.270 e. The Morgan fingerprint density at radius 1 is 1.19 bits per heavy atom. The van der Waals surface area contributed by atoms with Crippen LogP contribution >= 0.6 is 0 Å². The van der Waals surface area contributed by atoms with Crippen LogP contribution in [-0.4, -0.2) is 34.7 Å². The first-order chi connectivity index (χ1) is 15.1. The third-order valence-electron chi connectivity index (χ3n) is 4.84. The average molecular weight is 415 g/mol. The van der Waals surface area contributed by atoms with Crippen LogP contribution in [0.15, 0.2) is 64.5 Å². The molecule has 1 heterocycles. The molecule has 0 unspecified atom stereocenters. The summed E-state index contributed by atoms with van der Waals surface area (Å²) in [4.78, 5) is 21.6. The molecule has 0 fully saturated rings. The number of nitriles is 1. The highest BCUT2D eigenvalue weighted by Gasteiger charge is 2.13. The molecule has 3 rings (SSSR count). The Bertz CT molecular complexity index is 1130. The molecule has 0 radical (unpaired) electrons. The van der Waals surface area contributed by atoms with Crippen molar-refractivity contribution >= 4 is 12.2 Å². The zero-order valence-electron chi connectivity index (χ0n) is 17.8. The van der Waals surface area contributed by atoms with Gasteiger partial charge < -0.3 is 4.90 Å². The maximum absolute atomic E-state index is 12.3. The van der Waals surface area contributed by atoms with Gasteiger partial charge in [-0.25, -0.2) is 10.4 Å². The van der Waals surface area contributed by atoms with Crippen LogP contribution in [0.4, 0.5) is 5.95 Å². The van der Waals surface area contributed by atoms with E-state index in [1.54, 1.807) is 18.3 Å². The monoisotopic (exact) mass is 414 g/mol. The summed E-state index contributed by atoms with van der Waals surface area (Å²) >= 11 is 0. The van der Waals surface area contributed by atoms with Gasteiger partial charge in [0.05, 0.1) is 11.9 Å². The molecule has 3 aromatic rings. The van der Waals surface area contributed by atoms with Gasteiger partial charge in [0.2, 0.25) is 5.95 Å². The van der Waals surface area contributed by atoms with E-state index in [1.807, 2.05) is 42.5 Å². The highest BCUT2D eigenvalue weighted by atomic mass is 16.1. The van der Waals surface area contributed by atoms with Gasteiger partial charge in [0, 0.05) is 12.1 Å². The summed E-state index contributed by atoms with van der Waals surface area (Å²) < 4.78 is 0. The van der Waals surface area contributed by atoms with E-state index < -0.39 is 5.56 Å². The summed E-state index contributed by atoms with van der Waals surface area (Å²) in [5.74, 6) is 0.177. The van der Waals surface area contributed by atoms with Crippen LogP contribution in [0.2, 0.25) is 0 Å². The van der Waals surface area contributed by atoms with E-state index in [1.165, 1.54) is 0 Å². The molecule has 7 nitrogen and oxygen atoms in total. The Morgan fingerprint density at radius 3 is 2.68 bits per heavy atom. The molecule has 2 N–H and O–H groups in total. The molecule has 1 aromatic heterocycles. The van der Waals surface area contributed by atoms with Crippen LogP contribution in [0, 0.1) is 11.3 Å². The van der Waals surface area contributed by atoms with Crippen molar-refractivity contribution < 1.29 is 0 Å². The number of aromatic amines is 1. The third-order valence-corrected chi connectivity index (χ3v) is 4.84. The molecule has 0 aliphatic rings. The molecule has 0 aliphatic heterocycles. The molecule has 0 bridgehead atoms. The summed E-state index contributed by atoms with van der Waals surface area (Å²) in [6.45, 7) is 4.05. The Hall–Kier alpha value is -3.76. The van der Waals surface area contributed by atoms with E-state index in [9.17, 15) is 10.1 Å². The second-order valence-electron chi connectivity index (χ2n) is 7.28. The van der Waals surface area contributed by atoms with Crippen molar-refractivity contribution in [1.82, 2.24) is 14.9 Å². The normalized spacial score (nSPS) is 11.0. The number of nitrogens with one attached hydrogen (secondary N) is 2. The summed E-state index contributed by atoms with van der Waals surface area (Å²) in [6, 6.07) is 19.1. The SMILES string of the molecule is CCCCN(C)Cc1ccccc1C=NNc1nc(-c2ccccc2)c(C#N)c(=O)[nH]1. The number of benzene rings is 2. The minimum absolute atomic E-state index is 0.0267. The third kappa shape index (κ3) is 5.87. The number of anilines is 1. The zero-order chi connectivity index (χ0) is 22.1. The predicted octanol–water partition coefficient (Wildman–Crippen LogP) is 3.99. The summed E-state index contributed by atoms with van der Waals surface area (Å²) in [6.07, 6.45) is 4.04. The van der Waals surface area contributed by atoms with E-state index in [0.717, 1.165) is 37.1 Å². The Labute approximate surface area is 182 Å². The van der Waals surface area contributed by atoms with Gasteiger partial charge in [-0.15, -0.1) is 0 Å². The fourth-order valence-electron chi connectivity index (χ4n) is 3.20. The summed E-state index contributed by atoms with van der Waals surface area (Å²) in [5, 5.41) is 13.6. The van der Waals surface area contributed by atoms with Crippen molar-refractivity contribution in [2.24, 2.45) is 5.10 Å². The van der Waals surface area contributed by atoms with E-state index >= 15 is 0 Å². The first-order valence-corrected chi connectivity index (χ1v) is 10.3. The summed E-state index contributed by atoms with van der Waals surface area (Å²) in [5.41, 5.74) is 5.42. The lowest BCUT2D eigenvalue weighted by Crippen LogP contribution is -2.19. The highest BCUT2D eigenvalue weighted by molar-refractivity contribution is 5.82. The predicted molar refractivity (Wildman–Crippen MR) is 124 cm³/mol. The van der Waals surface area contributed by atoms with Crippen LogP contribution in [0.5, 0.6) is 0 Å². The number of hydrogen-bond acceptors (Lipinski definition) is 6. The van der Waals surface area contributed by atoms with Gasteiger partial charge in [-0.1, -0.05) is 67.9 Å². The van der Waals surface area contributed by atoms with Crippen molar-refractivity contribution in [3.8, 4) is 17.3 Å². The molecule has 7 heteroatoms. The molecule has 0 saturated heterocycles. The second-order valence-corrected chi connectivity index (χ2v) is 7.28.